The lowest BCUT2D eigenvalue weighted by molar-refractivity contribution is -0.132. The van der Waals surface area contributed by atoms with E-state index in [9.17, 15) is 14.7 Å². The van der Waals surface area contributed by atoms with E-state index in [0.29, 0.717) is 76.6 Å². The van der Waals surface area contributed by atoms with Gasteiger partial charge >= 0.3 is 5.91 Å². The van der Waals surface area contributed by atoms with Gasteiger partial charge in [-0.2, -0.15) is 0 Å². The molecular formula is C35H35N3O7S2. The van der Waals surface area contributed by atoms with Crippen LogP contribution in [0.5, 0.6) is 23.0 Å². The standard InChI is InChI=1S/C35H35N3O7S2/c1-4-42-27-18-23(10-12-25(27)43-15-14-21(2)3)30-29(31(39)24-11-13-26-28(19-24)45-17-16-44-26)32(40)33(41)38(30)34-36-37-35(47-34)46-20-22-8-6-5-7-9-22/h5-13,18-19,21,30,39H,4,14-17,20H2,1-3H3. The summed E-state index contributed by atoms with van der Waals surface area (Å²) >= 11 is 2.70. The number of rotatable bonds is 12. The van der Waals surface area contributed by atoms with Crippen molar-refractivity contribution in [1.29, 1.82) is 0 Å². The average Bonchev–Trinajstić information content (AvgIpc) is 3.65. The summed E-state index contributed by atoms with van der Waals surface area (Å²) in [4.78, 5) is 28.9. The van der Waals surface area contributed by atoms with Crippen molar-refractivity contribution >= 4 is 45.7 Å². The number of fused-ring (bicyclic) bond motifs is 1. The average molecular weight is 674 g/mol. The first kappa shape index (κ1) is 32.4. The van der Waals surface area contributed by atoms with Gasteiger partial charge in [0.15, 0.2) is 27.3 Å². The molecular weight excluding hydrogens is 639 g/mol. The molecule has 1 unspecified atom stereocenters. The van der Waals surface area contributed by atoms with Crippen LogP contribution in [0.3, 0.4) is 0 Å². The van der Waals surface area contributed by atoms with Gasteiger partial charge in [0.05, 0.1) is 24.8 Å². The van der Waals surface area contributed by atoms with Crippen LogP contribution >= 0.6 is 23.1 Å². The maximum atomic E-state index is 13.8. The van der Waals surface area contributed by atoms with Gasteiger partial charge < -0.3 is 24.1 Å². The summed E-state index contributed by atoms with van der Waals surface area (Å²) in [6, 6.07) is 19.1. The van der Waals surface area contributed by atoms with Gasteiger partial charge in [0.25, 0.3) is 5.78 Å². The van der Waals surface area contributed by atoms with Crippen molar-refractivity contribution in [2.75, 3.05) is 31.3 Å². The molecule has 2 aliphatic heterocycles. The van der Waals surface area contributed by atoms with Crippen LogP contribution in [0.15, 0.2) is 76.6 Å². The highest BCUT2D eigenvalue weighted by Crippen LogP contribution is 2.46. The minimum absolute atomic E-state index is 0.0868. The topological polar surface area (TPSA) is 120 Å². The first-order chi connectivity index (χ1) is 22.8. The number of benzene rings is 3. The lowest BCUT2D eigenvalue weighted by Crippen LogP contribution is -2.29. The molecule has 0 bridgehead atoms. The largest absolute Gasteiger partial charge is 0.507 e. The van der Waals surface area contributed by atoms with Crippen molar-refractivity contribution in [1.82, 2.24) is 10.2 Å². The summed E-state index contributed by atoms with van der Waals surface area (Å²) in [5.74, 6) is 1.12. The molecule has 1 fully saturated rings. The molecule has 3 aromatic carbocycles. The van der Waals surface area contributed by atoms with Gasteiger partial charge in [0.2, 0.25) is 5.13 Å². The maximum Gasteiger partial charge on any atom is 0.301 e. The van der Waals surface area contributed by atoms with E-state index < -0.39 is 17.7 Å². The van der Waals surface area contributed by atoms with Gasteiger partial charge in [0, 0.05) is 11.3 Å². The fourth-order valence-corrected chi connectivity index (χ4v) is 7.08. The van der Waals surface area contributed by atoms with Crippen molar-refractivity contribution in [3.05, 3.63) is 89.0 Å². The van der Waals surface area contributed by atoms with Gasteiger partial charge in [-0.15, -0.1) is 10.2 Å². The van der Waals surface area contributed by atoms with Crippen LogP contribution in [0, 0.1) is 5.92 Å². The van der Waals surface area contributed by atoms with Crippen molar-refractivity contribution < 1.29 is 33.6 Å². The highest BCUT2D eigenvalue weighted by molar-refractivity contribution is 8.00. The Morgan fingerprint density at radius 1 is 1.00 bits per heavy atom. The van der Waals surface area contributed by atoms with Crippen LogP contribution in [0.1, 0.15) is 49.9 Å². The van der Waals surface area contributed by atoms with Crippen molar-refractivity contribution in [3.63, 3.8) is 0 Å². The number of aromatic nitrogens is 2. The number of carbonyl (C=O) groups is 2. The zero-order valence-corrected chi connectivity index (χ0v) is 27.9. The second-order valence-electron chi connectivity index (χ2n) is 11.3. The molecule has 0 radical (unpaired) electrons. The number of anilines is 1. The van der Waals surface area contributed by atoms with Gasteiger partial charge in [-0.1, -0.05) is 73.3 Å². The number of amides is 1. The fraction of sp³-hybridized carbons (Fsp3) is 0.314. The molecule has 3 heterocycles. The zero-order valence-electron chi connectivity index (χ0n) is 26.3. The second-order valence-corrected chi connectivity index (χ2v) is 13.5. The molecule has 10 nitrogen and oxygen atoms in total. The lowest BCUT2D eigenvalue weighted by Gasteiger charge is -2.24. The summed E-state index contributed by atoms with van der Waals surface area (Å²) in [6.45, 7) is 7.77. The maximum absolute atomic E-state index is 13.8. The van der Waals surface area contributed by atoms with E-state index in [-0.39, 0.29) is 16.5 Å². The second kappa shape index (κ2) is 14.5. The third kappa shape index (κ3) is 7.08. The van der Waals surface area contributed by atoms with Crippen molar-refractivity contribution in [2.24, 2.45) is 5.92 Å². The molecule has 2 aliphatic rings. The normalized spacial score (nSPS) is 16.9. The monoisotopic (exact) mass is 673 g/mol. The molecule has 1 saturated heterocycles. The number of hydrogen-bond acceptors (Lipinski definition) is 11. The summed E-state index contributed by atoms with van der Waals surface area (Å²) in [5.41, 5.74) is 1.88. The predicted octanol–water partition coefficient (Wildman–Crippen LogP) is 7.05. The van der Waals surface area contributed by atoms with E-state index in [2.05, 4.69) is 24.0 Å². The molecule has 0 saturated carbocycles. The number of ketones is 1. The number of aliphatic hydroxyl groups is 1. The minimum Gasteiger partial charge on any atom is -0.507 e. The minimum atomic E-state index is -1.02. The number of ether oxygens (including phenoxy) is 4. The number of aliphatic hydroxyl groups excluding tert-OH is 1. The van der Waals surface area contributed by atoms with E-state index in [1.54, 1.807) is 36.4 Å². The van der Waals surface area contributed by atoms with Crippen molar-refractivity contribution in [2.45, 2.75) is 43.3 Å². The highest BCUT2D eigenvalue weighted by atomic mass is 32.2. The van der Waals surface area contributed by atoms with E-state index >= 15 is 0 Å². The van der Waals surface area contributed by atoms with E-state index in [1.807, 2.05) is 37.3 Å². The quantitative estimate of drug-likeness (QED) is 0.0551. The van der Waals surface area contributed by atoms with Gasteiger partial charge in [0.1, 0.15) is 19.0 Å². The summed E-state index contributed by atoms with van der Waals surface area (Å²) in [7, 11) is 0. The van der Waals surface area contributed by atoms with Crippen LogP contribution in [0.2, 0.25) is 0 Å². The number of nitrogens with zero attached hydrogens (tertiary/aromatic N) is 3. The molecule has 47 heavy (non-hydrogen) atoms. The summed E-state index contributed by atoms with van der Waals surface area (Å²) in [5, 5.41) is 20.6. The molecule has 244 valence electrons. The van der Waals surface area contributed by atoms with Gasteiger partial charge in [-0.05, 0) is 60.7 Å². The van der Waals surface area contributed by atoms with E-state index in [4.69, 9.17) is 18.9 Å². The fourth-order valence-electron chi connectivity index (χ4n) is 5.26. The molecule has 1 N–H and O–H groups in total. The molecule has 0 aliphatic carbocycles. The first-order valence-electron chi connectivity index (χ1n) is 15.4. The predicted molar refractivity (Wildman–Crippen MR) is 181 cm³/mol. The molecule has 12 heteroatoms. The molecule has 1 amide bonds. The zero-order chi connectivity index (χ0) is 32.9. The third-order valence-electron chi connectivity index (χ3n) is 7.60. The lowest BCUT2D eigenvalue weighted by atomic mass is 9.95. The number of Topliss-reactive ketones (excluding diaryl/α,β-unsaturated/α-hetero) is 1. The Bertz CT molecular complexity index is 1790. The van der Waals surface area contributed by atoms with Crippen LogP contribution in [0.25, 0.3) is 5.76 Å². The molecule has 4 aromatic rings. The summed E-state index contributed by atoms with van der Waals surface area (Å²) in [6.07, 6.45) is 0.866. The smallest absolute Gasteiger partial charge is 0.301 e. The molecule has 1 aromatic heterocycles. The summed E-state index contributed by atoms with van der Waals surface area (Å²) < 4.78 is 24.0. The molecule has 1 atom stereocenters. The van der Waals surface area contributed by atoms with Crippen LogP contribution in [-0.4, -0.2) is 53.4 Å². The SMILES string of the molecule is CCOc1cc(C2C(=C(O)c3ccc4c(c3)OCCO4)C(=O)C(=O)N2c2nnc(SCc3ccccc3)s2)ccc1OCCC(C)C. The van der Waals surface area contributed by atoms with Gasteiger partial charge in [-0.3, -0.25) is 14.5 Å². The Balaban J connectivity index is 1.41. The molecule has 6 rings (SSSR count). The van der Waals surface area contributed by atoms with E-state index in [0.717, 1.165) is 12.0 Å². The van der Waals surface area contributed by atoms with E-state index in [1.165, 1.54) is 28.0 Å². The molecule has 0 spiro atoms. The Kier molecular flexibility index (Phi) is 9.98. The Hall–Kier alpha value is -4.55. The van der Waals surface area contributed by atoms with Crippen LogP contribution in [-0.2, 0) is 15.3 Å². The van der Waals surface area contributed by atoms with Gasteiger partial charge in [-0.25, -0.2) is 0 Å². The Morgan fingerprint density at radius 2 is 1.79 bits per heavy atom. The Labute approximate surface area is 281 Å². The first-order valence-corrected chi connectivity index (χ1v) is 17.2. The third-order valence-corrected chi connectivity index (χ3v) is 9.73. The van der Waals surface area contributed by atoms with Crippen LogP contribution < -0.4 is 23.8 Å². The van der Waals surface area contributed by atoms with Crippen molar-refractivity contribution in [3.8, 4) is 23.0 Å². The van der Waals surface area contributed by atoms with Crippen LogP contribution in [0.4, 0.5) is 5.13 Å². The highest BCUT2D eigenvalue weighted by Gasteiger charge is 2.48. The Morgan fingerprint density at radius 3 is 2.55 bits per heavy atom. The number of hydrogen-bond donors (Lipinski definition) is 1. The number of carbonyl (C=O) groups excluding carboxylic acids is 2. The number of thioether (sulfide) groups is 1.